The largest absolute Gasteiger partial charge is 0.338 e. The van der Waals surface area contributed by atoms with Crippen molar-refractivity contribution < 1.29 is 4.79 Å². The minimum absolute atomic E-state index is 0.0760. The average molecular weight is 228 g/mol. The summed E-state index contributed by atoms with van der Waals surface area (Å²) < 4.78 is 1.88. The molecule has 1 atom stereocenters. The molecule has 0 bridgehead atoms. The van der Waals surface area contributed by atoms with Gasteiger partial charge in [0.05, 0.1) is 6.42 Å². The number of hydrogen-bond donors (Lipinski definition) is 0. The van der Waals surface area contributed by atoms with Crippen LogP contribution in [-0.2, 0) is 18.3 Å². The van der Waals surface area contributed by atoms with Crippen LogP contribution in [0.4, 0.5) is 0 Å². The Morgan fingerprint density at radius 1 is 1.35 bits per heavy atom. The Labute approximate surface area is 101 Å². The SMILES string of the molecule is CC(C(=O)Cc1nccn1C)c1ccccc1. The Kier molecular flexibility index (Phi) is 3.38. The molecular weight excluding hydrogens is 212 g/mol. The summed E-state index contributed by atoms with van der Waals surface area (Å²) in [4.78, 5) is 16.3. The molecule has 2 aromatic rings. The van der Waals surface area contributed by atoms with Gasteiger partial charge >= 0.3 is 0 Å². The topological polar surface area (TPSA) is 34.9 Å². The number of aryl methyl sites for hydroxylation is 1. The van der Waals surface area contributed by atoms with Gasteiger partial charge in [0.25, 0.3) is 0 Å². The van der Waals surface area contributed by atoms with Crippen molar-refractivity contribution >= 4 is 5.78 Å². The molecule has 17 heavy (non-hydrogen) atoms. The van der Waals surface area contributed by atoms with Crippen molar-refractivity contribution in [3.05, 3.63) is 54.1 Å². The first-order chi connectivity index (χ1) is 8.18. The molecule has 3 heteroatoms. The van der Waals surface area contributed by atoms with Gasteiger partial charge in [0, 0.05) is 25.4 Å². The zero-order valence-corrected chi connectivity index (χ0v) is 10.1. The molecular formula is C14H16N2O. The molecule has 1 aromatic heterocycles. The summed E-state index contributed by atoms with van der Waals surface area (Å²) in [5.41, 5.74) is 1.06. The molecule has 0 amide bonds. The second kappa shape index (κ2) is 4.95. The van der Waals surface area contributed by atoms with Gasteiger partial charge in [-0.2, -0.15) is 0 Å². The first-order valence-electron chi connectivity index (χ1n) is 5.72. The van der Waals surface area contributed by atoms with Gasteiger partial charge in [-0.15, -0.1) is 0 Å². The van der Waals surface area contributed by atoms with Crippen LogP contribution in [0, 0.1) is 0 Å². The highest BCUT2D eigenvalue weighted by Crippen LogP contribution is 2.17. The third-order valence-corrected chi connectivity index (χ3v) is 3.04. The van der Waals surface area contributed by atoms with Crippen molar-refractivity contribution in [3.63, 3.8) is 0 Å². The zero-order chi connectivity index (χ0) is 12.3. The number of aromatic nitrogens is 2. The number of carbonyl (C=O) groups excluding carboxylic acids is 1. The minimum atomic E-state index is -0.0760. The maximum Gasteiger partial charge on any atom is 0.147 e. The van der Waals surface area contributed by atoms with Crippen molar-refractivity contribution in [2.45, 2.75) is 19.3 Å². The molecule has 0 saturated heterocycles. The van der Waals surface area contributed by atoms with Crippen LogP contribution in [0.1, 0.15) is 24.2 Å². The highest BCUT2D eigenvalue weighted by Gasteiger charge is 2.16. The minimum Gasteiger partial charge on any atom is -0.338 e. The molecule has 0 aliphatic carbocycles. The van der Waals surface area contributed by atoms with E-state index in [1.807, 2.05) is 55.1 Å². The van der Waals surface area contributed by atoms with Crippen LogP contribution in [0.25, 0.3) is 0 Å². The monoisotopic (exact) mass is 228 g/mol. The summed E-state index contributed by atoms with van der Waals surface area (Å²) in [5, 5.41) is 0. The van der Waals surface area contributed by atoms with Crippen molar-refractivity contribution in [2.24, 2.45) is 7.05 Å². The number of nitrogens with zero attached hydrogens (tertiary/aromatic N) is 2. The Bertz CT molecular complexity index is 502. The highest BCUT2D eigenvalue weighted by molar-refractivity contribution is 5.86. The Morgan fingerprint density at radius 2 is 2.06 bits per heavy atom. The van der Waals surface area contributed by atoms with Crippen molar-refractivity contribution in [1.82, 2.24) is 9.55 Å². The third kappa shape index (κ3) is 2.61. The molecule has 0 aliphatic rings. The van der Waals surface area contributed by atoms with Crippen LogP contribution >= 0.6 is 0 Å². The predicted molar refractivity (Wildman–Crippen MR) is 66.8 cm³/mol. The van der Waals surface area contributed by atoms with E-state index < -0.39 is 0 Å². The maximum absolute atomic E-state index is 12.1. The number of rotatable bonds is 4. The standard InChI is InChI=1S/C14H16N2O/c1-11(12-6-4-3-5-7-12)13(17)10-14-15-8-9-16(14)2/h3-9,11H,10H2,1-2H3. The first kappa shape index (κ1) is 11.6. The van der Waals surface area contributed by atoms with Gasteiger partial charge in [-0.05, 0) is 5.56 Å². The van der Waals surface area contributed by atoms with Crippen LogP contribution in [0.15, 0.2) is 42.7 Å². The second-order valence-electron chi connectivity index (χ2n) is 4.23. The van der Waals surface area contributed by atoms with Crippen LogP contribution in [-0.4, -0.2) is 15.3 Å². The van der Waals surface area contributed by atoms with Crippen LogP contribution in [0.5, 0.6) is 0 Å². The Balaban J connectivity index is 2.09. The van der Waals surface area contributed by atoms with Crippen molar-refractivity contribution in [1.29, 1.82) is 0 Å². The summed E-state index contributed by atoms with van der Waals surface area (Å²) >= 11 is 0. The van der Waals surface area contributed by atoms with E-state index in [2.05, 4.69) is 4.98 Å². The lowest BCUT2D eigenvalue weighted by Gasteiger charge is -2.10. The van der Waals surface area contributed by atoms with E-state index in [-0.39, 0.29) is 11.7 Å². The van der Waals surface area contributed by atoms with Gasteiger partial charge in [0.2, 0.25) is 0 Å². The molecule has 0 spiro atoms. The Hall–Kier alpha value is -1.90. The van der Waals surface area contributed by atoms with Gasteiger partial charge in [-0.25, -0.2) is 4.98 Å². The molecule has 0 fully saturated rings. The predicted octanol–water partition coefficient (Wildman–Crippen LogP) is 2.34. The van der Waals surface area contributed by atoms with E-state index in [9.17, 15) is 4.79 Å². The van der Waals surface area contributed by atoms with Crippen LogP contribution < -0.4 is 0 Å². The molecule has 1 unspecified atom stereocenters. The van der Waals surface area contributed by atoms with E-state index in [4.69, 9.17) is 0 Å². The van der Waals surface area contributed by atoms with E-state index in [0.717, 1.165) is 11.4 Å². The van der Waals surface area contributed by atoms with Crippen LogP contribution in [0.3, 0.4) is 0 Å². The van der Waals surface area contributed by atoms with Crippen molar-refractivity contribution in [2.75, 3.05) is 0 Å². The lowest BCUT2D eigenvalue weighted by atomic mass is 9.95. The highest BCUT2D eigenvalue weighted by atomic mass is 16.1. The fourth-order valence-corrected chi connectivity index (χ4v) is 1.80. The molecule has 0 radical (unpaired) electrons. The maximum atomic E-state index is 12.1. The van der Waals surface area contributed by atoms with Gasteiger partial charge < -0.3 is 4.57 Å². The molecule has 88 valence electrons. The summed E-state index contributed by atoms with van der Waals surface area (Å²) in [5.74, 6) is 0.941. The number of hydrogen-bond acceptors (Lipinski definition) is 2. The Morgan fingerprint density at radius 3 is 2.65 bits per heavy atom. The van der Waals surface area contributed by atoms with E-state index >= 15 is 0 Å². The van der Waals surface area contributed by atoms with Crippen molar-refractivity contribution in [3.8, 4) is 0 Å². The van der Waals surface area contributed by atoms with Crippen LogP contribution in [0.2, 0.25) is 0 Å². The normalized spacial score (nSPS) is 12.4. The number of carbonyl (C=O) groups is 1. The number of benzene rings is 1. The summed E-state index contributed by atoms with van der Waals surface area (Å²) in [6.45, 7) is 1.95. The summed E-state index contributed by atoms with van der Waals surface area (Å²) in [7, 11) is 1.91. The quantitative estimate of drug-likeness (QED) is 0.805. The number of ketones is 1. The van der Waals surface area contributed by atoms with E-state index in [1.54, 1.807) is 6.20 Å². The fraction of sp³-hybridized carbons (Fsp3) is 0.286. The smallest absolute Gasteiger partial charge is 0.147 e. The first-order valence-corrected chi connectivity index (χ1v) is 5.72. The average Bonchev–Trinajstić information content (AvgIpc) is 2.75. The lowest BCUT2D eigenvalue weighted by molar-refractivity contribution is -0.119. The van der Waals surface area contributed by atoms with E-state index in [1.165, 1.54) is 0 Å². The molecule has 3 nitrogen and oxygen atoms in total. The van der Waals surface area contributed by atoms with Gasteiger partial charge in [0.15, 0.2) is 0 Å². The summed E-state index contributed by atoms with van der Waals surface area (Å²) in [6.07, 6.45) is 3.96. The molecule has 0 N–H and O–H groups in total. The van der Waals surface area contributed by atoms with Gasteiger partial charge in [0.1, 0.15) is 11.6 Å². The molecule has 1 aromatic carbocycles. The van der Waals surface area contributed by atoms with Gasteiger partial charge in [-0.3, -0.25) is 4.79 Å². The molecule has 1 heterocycles. The fourth-order valence-electron chi connectivity index (χ4n) is 1.80. The second-order valence-corrected chi connectivity index (χ2v) is 4.23. The zero-order valence-electron chi connectivity index (χ0n) is 10.1. The number of imidazole rings is 1. The van der Waals surface area contributed by atoms with Gasteiger partial charge in [-0.1, -0.05) is 37.3 Å². The third-order valence-electron chi connectivity index (χ3n) is 3.04. The molecule has 0 aliphatic heterocycles. The molecule has 0 saturated carbocycles. The summed E-state index contributed by atoms with van der Waals surface area (Å²) in [6, 6.07) is 9.85. The number of Topliss-reactive ketones (excluding diaryl/α,β-unsaturated/α-hetero) is 1. The molecule has 2 rings (SSSR count). The van der Waals surface area contributed by atoms with E-state index in [0.29, 0.717) is 6.42 Å². The lowest BCUT2D eigenvalue weighted by Crippen LogP contribution is -2.14.